The van der Waals surface area contributed by atoms with Gasteiger partial charge in [0.15, 0.2) is 17.4 Å². The van der Waals surface area contributed by atoms with Gasteiger partial charge in [-0.2, -0.15) is 0 Å². The molecular formula is C21H22F2N2O3. The van der Waals surface area contributed by atoms with E-state index in [1.165, 1.54) is 24.4 Å². The maximum atomic E-state index is 13.4. The molecule has 1 saturated carbocycles. The third-order valence-corrected chi connectivity index (χ3v) is 5.85. The molecule has 0 amide bonds. The van der Waals surface area contributed by atoms with Crippen molar-refractivity contribution in [2.75, 3.05) is 19.6 Å². The third-order valence-electron chi connectivity index (χ3n) is 5.85. The highest BCUT2D eigenvalue weighted by Crippen LogP contribution is 2.45. The molecule has 2 aromatic rings. The molecule has 1 aliphatic carbocycles. The first-order chi connectivity index (χ1) is 13.3. The Balaban J connectivity index is 1.34. The topological polar surface area (TPSA) is 73.7 Å². The van der Waals surface area contributed by atoms with Crippen molar-refractivity contribution in [2.45, 2.75) is 24.9 Å². The zero-order valence-corrected chi connectivity index (χ0v) is 15.3. The van der Waals surface area contributed by atoms with E-state index >= 15 is 0 Å². The van der Waals surface area contributed by atoms with Crippen LogP contribution in [0.3, 0.4) is 0 Å². The zero-order valence-electron chi connectivity index (χ0n) is 15.3. The van der Waals surface area contributed by atoms with Crippen LogP contribution < -0.4 is 0 Å². The molecule has 1 aromatic heterocycles. The Bertz CT molecular complexity index is 874. The second-order valence-electron chi connectivity index (χ2n) is 8.10. The number of rotatable bonds is 5. The van der Waals surface area contributed by atoms with Crippen LogP contribution >= 0.6 is 0 Å². The standard InChI is InChI=1S/C21H22F2N2O3/c22-17-3-1-13(5-18(17)23)6-21(28)7-14-10-25(11-15(14)8-21)12-20(27)19-4-2-16(26)9-24-19/h1-5,9,14-15,26,28H,6-8,10-12H2/t14-,15+,21?. The Hall–Kier alpha value is -2.38. The molecule has 2 aliphatic rings. The number of ketones is 1. The Labute approximate surface area is 161 Å². The lowest BCUT2D eigenvalue weighted by Gasteiger charge is -2.26. The summed E-state index contributed by atoms with van der Waals surface area (Å²) in [6.45, 7) is 1.69. The Morgan fingerprint density at radius 1 is 1.14 bits per heavy atom. The van der Waals surface area contributed by atoms with Crippen LogP contribution in [0.25, 0.3) is 0 Å². The number of halogens is 2. The van der Waals surface area contributed by atoms with Crippen molar-refractivity contribution in [1.82, 2.24) is 9.88 Å². The molecule has 1 aromatic carbocycles. The van der Waals surface area contributed by atoms with Crippen molar-refractivity contribution < 1.29 is 23.8 Å². The van der Waals surface area contributed by atoms with Gasteiger partial charge in [0.1, 0.15) is 11.4 Å². The van der Waals surface area contributed by atoms with E-state index in [-0.39, 0.29) is 29.9 Å². The zero-order chi connectivity index (χ0) is 19.9. The van der Waals surface area contributed by atoms with Gasteiger partial charge in [-0.3, -0.25) is 9.69 Å². The first kappa shape index (κ1) is 19.0. The molecule has 1 saturated heterocycles. The molecule has 28 heavy (non-hydrogen) atoms. The van der Waals surface area contributed by atoms with E-state index in [2.05, 4.69) is 9.88 Å². The fraction of sp³-hybridized carbons (Fsp3) is 0.429. The quantitative estimate of drug-likeness (QED) is 0.771. The van der Waals surface area contributed by atoms with Crippen molar-refractivity contribution in [2.24, 2.45) is 11.8 Å². The molecule has 0 bridgehead atoms. The van der Waals surface area contributed by atoms with Crippen molar-refractivity contribution >= 4 is 5.78 Å². The van der Waals surface area contributed by atoms with Crippen molar-refractivity contribution in [3.05, 3.63) is 59.4 Å². The number of aliphatic hydroxyl groups is 1. The lowest BCUT2D eigenvalue weighted by atomic mass is 9.91. The minimum Gasteiger partial charge on any atom is -0.506 e. The number of hydrogen-bond acceptors (Lipinski definition) is 5. The predicted octanol–water partition coefficient (Wildman–Crippen LogP) is 2.56. The normalized spacial score (nSPS) is 27.1. The molecule has 4 rings (SSSR count). The van der Waals surface area contributed by atoms with Gasteiger partial charge in [0, 0.05) is 19.5 Å². The largest absolute Gasteiger partial charge is 0.506 e. The van der Waals surface area contributed by atoms with Gasteiger partial charge >= 0.3 is 0 Å². The van der Waals surface area contributed by atoms with E-state index in [9.17, 15) is 23.8 Å². The van der Waals surface area contributed by atoms with Crippen LogP contribution in [0, 0.1) is 23.5 Å². The van der Waals surface area contributed by atoms with Gasteiger partial charge in [-0.15, -0.1) is 0 Å². The first-order valence-corrected chi connectivity index (χ1v) is 9.38. The van der Waals surface area contributed by atoms with Crippen molar-refractivity contribution in [3.8, 4) is 5.75 Å². The van der Waals surface area contributed by atoms with Crippen LogP contribution in [0.15, 0.2) is 36.5 Å². The Morgan fingerprint density at radius 2 is 1.86 bits per heavy atom. The van der Waals surface area contributed by atoms with E-state index in [0.29, 0.717) is 43.6 Å². The molecule has 3 atom stereocenters. The highest BCUT2D eigenvalue weighted by atomic mass is 19.2. The number of pyridine rings is 1. The van der Waals surface area contributed by atoms with Gasteiger partial charge in [-0.05, 0) is 54.5 Å². The van der Waals surface area contributed by atoms with Gasteiger partial charge < -0.3 is 10.2 Å². The SMILES string of the molecule is O=C(CN1C[C@@H]2CC(O)(Cc3ccc(F)c(F)c3)C[C@@H]2C1)c1ccc(O)cn1. The van der Waals surface area contributed by atoms with Gasteiger partial charge in [0.2, 0.25) is 0 Å². The smallest absolute Gasteiger partial charge is 0.195 e. The van der Waals surface area contributed by atoms with Crippen LogP contribution in [0.1, 0.15) is 28.9 Å². The summed E-state index contributed by atoms with van der Waals surface area (Å²) in [6.07, 6.45) is 2.72. The number of aromatic nitrogens is 1. The lowest BCUT2D eigenvalue weighted by molar-refractivity contribution is 0.0355. The number of benzene rings is 1. The first-order valence-electron chi connectivity index (χ1n) is 9.38. The summed E-state index contributed by atoms with van der Waals surface area (Å²) in [4.78, 5) is 18.4. The minimum atomic E-state index is -0.922. The third kappa shape index (κ3) is 3.91. The molecule has 7 heteroatoms. The molecule has 1 unspecified atom stereocenters. The molecule has 2 fully saturated rings. The summed E-state index contributed by atoms with van der Waals surface area (Å²) >= 11 is 0. The van der Waals surface area contributed by atoms with Crippen molar-refractivity contribution in [1.29, 1.82) is 0 Å². The summed E-state index contributed by atoms with van der Waals surface area (Å²) in [5.41, 5.74) is -0.00897. The number of likely N-dealkylation sites (tertiary alicyclic amines) is 1. The fourth-order valence-electron chi connectivity index (χ4n) is 4.70. The van der Waals surface area contributed by atoms with E-state index in [4.69, 9.17) is 0 Å². The van der Waals surface area contributed by atoms with Gasteiger partial charge in [-0.1, -0.05) is 6.07 Å². The molecule has 148 valence electrons. The van der Waals surface area contributed by atoms with Gasteiger partial charge in [0.05, 0.1) is 18.3 Å². The van der Waals surface area contributed by atoms with E-state index in [0.717, 1.165) is 12.1 Å². The van der Waals surface area contributed by atoms with Crippen LogP contribution in [0.4, 0.5) is 8.78 Å². The predicted molar refractivity (Wildman–Crippen MR) is 97.9 cm³/mol. The summed E-state index contributed by atoms with van der Waals surface area (Å²) in [7, 11) is 0. The summed E-state index contributed by atoms with van der Waals surface area (Å²) in [6, 6.07) is 6.71. The van der Waals surface area contributed by atoms with Crippen LogP contribution in [-0.4, -0.2) is 51.1 Å². The van der Waals surface area contributed by atoms with Crippen LogP contribution in [-0.2, 0) is 6.42 Å². The van der Waals surface area contributed by atoms with E-state index in [1.54, 1.807) is 0 Å². The van der Waals surface area contributed by atoms with Crippen LogP contribution in [0.5, 0.6) is 5.75 Å². The summed E-state index contributed by atoms with van der Waals surface area (Å²) < 4.78 is 26.5. The molecular weight excluding hydrogens is 366 g/mol. The number of nitrogens with zero attached hydrogens (tertiary/aromatic N) is 2. The van der Waals surface area contributed by atoms with E-state index in [1.807, 2.05) is 0 Å². The Kier molecular flexibility index (Phi) is 4.89. The van der Waals surface area contributed by atoms with Gasteiger partial charge in [-0.25, -0.2) is 13.8 Å². The number of Topliss-reactive ketones (excluding diaryl/α,β-unsaturated/α-hetero) is 1. The number of carbonyl (C=O) groups is 1. The maximum absolute atomic E-state index is 13.4. The van der Waals surface area contributed by atoms with Gasteiger partial charge in [0.25, 0.3) is 0 Å². The lowest BCUT2D eigenvalue weighted by Crippen LogP contribution is -2.34. The average molecular weight is 388 g/mol. The summed E-state index contributed by atoms with van der Waals surface area (Å²) in [5, 5.41) is 20.2. The molecule has 2 N–H and O–H groups in total. The van der Waals surface area contributed by atoms with E-state index < -0.39 is 17.2 Å². The number of aromatic hydroxyl groups is 1. The number of fused-ring (bicyclic) bond motifs is 1. The Morgan fingerprint density at radius 3 is 2.46 bits per heavy atom. The second kappa shape index (κ2) is 7.22. The number of hydrogen-bond donors (Lipinski definition) is 2. The molecule has 0 spiro atoms. The highest BCUT2D eigenvalue weighted by molar-refractivity contribution is 5.95. The number of carbonyl (C=O) groups excluding carboxylic acids is 1. The second-order valence-corrected chi connectivity index (χ2v) is 8.10. The monoisotopic (exact) mass is 388 g/mol. The highest BCUT2D eigenvalue weighted by Gasteiger charge is 2.48. The maximum Gasteiger partial charge on any atom is 0.195 e. The molecule has 5 nitrogen and oxygen atoms in total. The average Bonchev–Trinajstić information content (AvgIpc) is 3.12. The van der Waals surface area contributed by atoms with Crippen LogP contribution in [0.2, 0.25) is 0 Å². The minimum absolute atomic E-state index is 0.0209. The molecule has 0 radical (unpaired) electrons. The fourth-order valence-corrected chi connectivity index (χ4v) is 4.70. The summed E-state index contributed by atoms with van der Waals surface area (Å²) in [5.74, 6) is -1.31. The van der Waals surface area contributed by atoms with Crippen molar-refractivity contribution in [3.63, 3.8) is 0 Å². The molecule has 1 aliphatic heterocycles. The molecule has 2 heterocycles.